The second-order valence-electron chi connectivity index (χ2n) is 6.40. The number of carbonyl (C=O) groups excluding carboxylic acids is 1. The first-order chi connectivity index (χ1) is 11.7. The van der Waals surface area contributed by atoms with Crippen LogP contribution in [0.5, 0.6) is 0 Å². The lowest BCUT2D eigenvalue weighted by molar-refractivity contribution is -0.125. The predicted molar refractivity (Wildman–Crippen MR) is 99.9 cm³/mol. The molecule has 24 heavy (non-hydrogen) atoms. The number of carbonyl (C=O) groups is 1. The van der Waals surface area contributed by atoms with Gasteiger partial charge in [-0.2, -0.15) is 0 Å². The normalized spacial score (nSPS) is 17.4. The SMILES string of the molecule is CN(CC1CCN(c2ccccc2)C1)C(=O)C=Cc1ccccc1. The summed E-state index contributed by atoms with van der Waals surface area (Å²) in [6.45, 7) is 2.89. The molecule has 1 unspecified atom stereocenters. The van der Waals surface area contributed by atoms with E-state index in [2.05, 4.69) is 29.2 Å². The fourth-order valence-electron chi connectivity index (χ4n) is 3.19. The van der Waals surface area contributed by atoms with Gasteiger partial charge in [-0.25, -0.2) is 0 Å². The minimum atomic E-state index is 0.0667. The standard InChI is InChI=1S/C21H24N2O/c1-22(21(24)13-12-18-8-4-2-5-9-18)16-19-14-15-23(17-19)20-10-6-3-7-11-20/h2-13,19H,14-17H2,1H3. The van der Waals surface area contributed by atoms with Gasteiger partial charge in [0.15, 0.2) is 0 Å². The zero-order valence-corrected chi connectivity index (χ0v) is 14.1. The van der Waals surface area contributed by atoms with E-state index in [0.29, 0.717) is 5.92 Å². The molecule has 0 bridgehead atoms. The van der Waals surface area contributed by atoms with Crippen LogP contribution in [0.1, 0.15) is 12.0 Å². The molecule has 3 heteroatoms. The molecule has 1 heterocycles. The Morgan fingerprint density at radius 2 is 1.79 bits per heavy atom. The van der Waals surface area contributed by atoms with Crippen molar-refractivity contribution in [2.45, 2.75) is 6.42 Å². The molecule has 0 aliphatic carbocycles. The van der Waals surface area contributed by atoms with Crippen molar-refractivity contribution < 1.29 is 4.79 Å². The number of hydrogen-bond acceptors (Lipinski definition) is 2. The van der Waals surface area contributed by atoms with Gasteiger partial charge in [-0.3, -0.25) is 4.79 Å². The molecule has 0 spiro atoms. The fraction of sp³-hybridized carbons (Fsp3) is 0.286. The van der Waals surface area contributed by atoms with Gasteiger partial charge < -0.3 is 9.80 Å². The number of hydrogen-bond donors (Lipinski definition) is 0. The molecule has 1 fully saturated rings. The average molecular weight is 320 g/mol. The van der Waals surface area contributed by atoms with Crippen LogP contribution in [-0.4, -0.2) is 37.5 Å². The highest BCUT2D eigenvalue weighted by molar-refractivity contribution is 5.91. The van der Waals surface area contributed by atoms with E-state index in [1.54, 1.807) is 6.08 Å². The Labute approximate surface area is 144 Å². The average Bonchev–Trinajstić information content (AvgIpc) is 3.10. The van der Waals surface area contributed by atoms with Gasteiger partial charge in [0.25, 0.3) is 0 Å². The Hall–Kier alpha value is -2.55. The Bertz CT molecular complexity index is 681. The van der Waals surface area contributed by atoms with Gasteiger partial charge in [-0.15, -0.1) is 0 Å². The van der Waals surface area contributed by atoms with Gasteiger partial charge in [0, 0.05) is 38.4 Å². The molecule has 2 aromatic carbocycles. The van der Waals surface area contributed by atoms with Gasteiger partial charge in [0.05, 0.1) is 0 Å². The van der Waals surface area contributed by atoms with E-state index in [4.69, 9.17) is 0 Å². The summed E-state index contributed by atoms with van der Waals surface area (Å²) in [6.07, 6.45) is 4.68. The first-order valence-corrected chi connectivity index (χ1v) is 8.50. The lowest BCUT2D eigenvalue weighted by Gasteiger charge is -2.21. The number of para-hydroxylation sites is 1. The van der Waals surface area contributed by atoms with Crippen molar-refractivity contribution in [2.75, 3.05) is 31.6 Å². The third-order valence-electron chi connectivity index (χ3n) is 4.53. The number of nitrogens with zero attached hydrogens (tertiary/aromatic N) is 2. The fourth-order valence-corrected chi connectivity index (χ4v) is 3.19. The van der Waals surface area contributed by atoms with Gasteiger partial charge >= 0.3 is 0 Å². The molecule has 124 valence electrons. The van der Waals surface area contributed by atoms with E-state index >= 15 is 0 Å². The quantitative estimate of drug-likeness (QED) is 0.785. The third kappa shape index (κ3) is 4.25. The zero-order chi connectivity index (χ0) is 16.8. The van der Waals surface area contributed by atoms with Crippen molar-refractivity contribution >= 4 is 17.7 Å². The summed E-state index contributed by atoms with van der Waals surface area (Å²) >= 11 is 0. The Morgan fingerprint density at radius 1 is 1.12 bits per heavy atom. The van der Waals surface area contributed by atoms with Crippen molar-refractivity contribution in [3.05, 3.63) is 72.3 Å². The van der Waals surface area contributed by atoms with E-state index in [-0.39, 0.29) is 5.91 Å². The Kier molecular flexibility index (Phi) is 5.32. The molecule has 3 rings (SSSR count). The van der Waals surface area contributed by atoms with Crippen LogP contribution in [0.3, 0.4) is 0 Å². The van der Waals surface area contributed by atoms with Gasteiger partial charge in [0.2, 0.25) is 5.91 Å². The summed E-state index contributed by atoms with van der Waals surface area (Å²) in [5.41, 5.74) is 2.33. The van der Waals surface area contributed by atoms with Gasteiger partial charge in [0.1, 0.15) is 0 Å². The van der Waals surface area contributed by atoms with Crippen molar-refractivity contribution in [3.63, 3.8) is 0 Å². The molecule has 0 saturated carbocycles. The second kappa shape index (κ2) is 7.82. The number of likely N-dealkylation sites (N-methyl/N-ethyl adjacent to an activating group) is 1. The molecule has 1 saturated heterocycles. The summed E-state index contributed by atoms with van der Waals surface area (Å²) in [5, 5.41) is 0. The van der Waals surface area contributed by atoms with Crippen LogP contribution >= 0.6 is 0 Å². The van der Waals surface area contributed by atoms with E-state index < -0.39 is 0 Å². The van der Waals surface area contributed by atoms with Crippen LogP contribution < -0.4 is 4.90 Å². The number of rotatable bonds is 5. The number of amides is 1. The van der Waals surface area contributed by atoms with E-state index in [9.17, 15) is 4.79 Å². The largest absolute Gasteiger partial charge is 0.371 e. The first kappa shape index (κ1) is 16.3. The first-order valence-electron chi connectivity index (χ1n) is 8.50. The maximum atomic E-state index is 12.3. The van der Waals surface area contributed by atoms with Crippen molar-refractivity contribution in [1.29, 1.82) is 0 Å². The summed E-state index contributed by atoms with van der Waals surface area (Å²) in [4.78, 5) is 16.5. The highest BCUT2D eigenvalue weighted by Gasteiger charge is 2.24. The molecule has 1 aliphatic heterocycles. The Balaban J connectivity index is 1.51. The molecule has 0 aromatic heterocycles. The number of benzene rings is 2. The second-order valence-corrected chi connectivity index (χ2v) is 6.40. The number of anilines is 1. The van der Waals surface area contributed by atoms with Gasteiger partial charge in [-0.1, -0.05) is 48.5 Å². The highest BCUT2D eigenvalue weighted by atomic mass is 16.2. The molecule has 1 atom stereocenters. The smallest absolute Gasteiger partial charge is 0.246 e. The van der Waals surface area contributed by atoms with Gasteiger partial charge in [-0.05, 0) is 36.1 Å². The molecular weight excluding hydrogens is 296 g/mol. The van der Waals surface area contributed by atoms with Crippen LogP contribution in [0, 0.1) is 5.92 Å². The molecule has 2 aromatic rings. The minimum Gasteiger partial charge on any atom is -0.371 e. The highest BCUT2D eigenvalue weighted by Crippen LogP contribution is 2.23. The van der Waals surface area contributed by atoms with Crippen molar-refractivity contribution in [3.8, 4) is 0 Å². The summed E-state index contributed by atoms with van der Waals surface area (Å²) in [7, 11) is 1.89. The Morgan fingerprint density at radius 3 is 2.50 bits per heavy atom. The molecule has 0 N–H and O–H groups in total. The van der Waals surface area contributed by atoms with Crippen LogP contribution in [0.2, 0.25) is 0 Å². The molecule has 1 aliphatic rings. The molecular formula is C21H24N2O. The van der Waals surface area contributed by atoms with E-state index in [0.717, 1.165) is 31.6 Å². The maximum absolute atomic E-state index is 12.3. The van der Waals surface area contributed by atoms with Crippen LogP contribution in [-0.2, 0) is 4.79 Å². The van der Waals surface area contributed by atoms with E-state index in [1.807, 2.05) is 54.4 Å². The lowest BCUT2D eigenvalue weighted by Crippen LogP contribution is -2.32. The summed E-state index contributed by atoms with van der Waals surface area (Å²) in [6, 6.07) is 20.4. The minimum absolute atomic E-state index is 0.0667. The summed E-state index contributed by atoms with van der Waals surface area (Å²) in [5.74, 6) is 0.598. The predicted octanol–water partition coefficient (Wildman–Crippen LogP) is 3.68. The van der Waals surface area contributed by atoms with Crippen LogP contribution in [0.15, 0.2) is 66.7 Å². The topological polar surface area (TPSA) is 23.6 Å². The van der Waals surface area contributed by atoms with E-state index in [1.165, 1.54) is 5.69 Å². The van der Waals surface area contributed by atoms with Crippen LogP contribution in [0.4, 0.5) is 5.69 Å². The molecule has 1 amide bonds. The monoisotopic (exact) mass is 320 g/mol. The third-order valence-corrected chi connectivity index (χ3v) is 4.53. The maximum Gasteiger partial charge on any atom is 0.246 e. The molecule has 0 radical (unpaired) electrons. The van der Waals surface area contributed by atoms with Crippen LogP contribution in [0.25, 0.3) is 6.08 Å². The molecule has 3 nitrogen and oxygen atoms in total. The van der Waals surface area contributed by atoms with Crippen molar-refractivity contribution in [1.82, 2.24) is 4.90 Å². The zero-order valence-electron chi connectivity index (χ0n) is 14.1. The van der Waals surface area contributed by atoms with Crippen molar-refractivity contribution in [2.24, 2.45) is 5.92 Å². The summed E-state index contributed by atoms with van der Waals surface area (Å²) < 4.78 is 0. The lowest BCUT2D eigenvalue weighted by atomic mass is 10.1.